The molecule has 1 saturated heterocycles. The summed E-state index contributed by atoms with van der Waals surface area (Å²) in [6.45, 7) is 4.88. The highest BCUT2D eigenvalue weighted by molar-refractivity contribution is 8.15. The van der Waals surface area contributed by atoms with Gasteiger partial charge in [-0.3, -0.25) is 9.80 Å². The van der Waals surface area contributed by atoms with Gasteiger partial charge in [-0.15, -0.1) is 0 Å². The largest absolute Gasteiger partial charge is 0.469 e. The van der Waals surface area contributed by atoms with Crippen LogP contribution in [0, 0.1) is 5.92 Å². The van der Waals surface area contributed by atoms with Crippen molar-refractivity contribution < 1.29 is 9.53 Å². The third kappa shape index (κ3) is 1.22. The zero-order valence-electron chi connectivity index (χ0n) is 8.61. The molecule has 0 unspecified atom stereocenters. The number of rotatable bonds is 1. The second-order valence-corrected chi connectivity index (χ2v) is 5.38. The molecule has 78 valence electrons. The van der Waals surface area contributed by atoms with Crippen LogP contribution in [0.1, 0.15) is 20.3 Å². The third-order valence-corrected chi connectivity index (χ3v) is 4.18. The molecule has 0 N–H and O–H groups in total. The molecule has 0 aromatic heterocycles. The van der Waals surface area contributed by atoms with Crippen LogP contribution < -0.4 is 0 Å². The molecule has 0 aromatic rings. The van der Waals surface area contributed by atoms with Crippen molar-refractivity contribution in [2.75, 3.05) is 13.7 Å². The van der Waals surface area contributed by atoms with Gasteiger partial charge in [-0.2, -0.15) is 5.10 Å². The van der Waals surface area contributed by atoms with Crippen molar-refractivity contribution in [3.05, 3.63) is 0 Å². The van der Waals surface area contributed by atoms with Crippen LogP contribution in [0.15, 0.2) is 5.10 Å². The normalized spacial score (nSPS) is 35.5. The van der Waals surface area contributed by atoms with Crippen LogP contribution in [0.25, 0.3) is 0 Å². The Labute approximate surface area is 87.7 Å². The molecule has 2 aliphatic rings. The number of esters is 1. The highest BCUT2D eigenvalue weighted by Crippen LogP contribution is 2.48. The summed E-state index contributed by atoms with van der Waals surface area (Å²) in [6, 6.07) is 0. The number of hydrogen-bond donors (Lipinski definition) is 0. The molecule has 0 bridgehead atoms. The molecule has 5 heteroatoms. The third-order valence-electron chi connectivity index (χ3n) is 2.89. The van der Waals surface area contributed by atoms with Gasteiger partial charge in [-0.05, 0) is 20.3 Å². The number of nitrogens with zero attached hydrogens (tertiary/aromatic N) is 2. The van der Waals surface area contributed by atoms with Gasteiger partial charge in [-0.25, -0.2) is 0 Å². The number of hydrazone groups is 1. The first-order chi connectivity index (χ1) is 6.58. The van der Waals surface area contributed by atoms with E-state index in [0.717, 1.165) is 18.0 Å². The van der Waals surface area contributed by atoms with Crippen LogP contribution in [0.4, 0.5) is 0 Å². The summed E-state index contributed by atoms with van der Waals surface area (Å²) in [4.78, 5) is 11.3. The van der Waals surface area contributed by atoms with Crippen LogP contribution in [0.2, 0.25) is 0 Å². The van der Waals surface area contributed by atoms with Gasteiger partial charge in [0.2, 0.25) is 0 Å². The second kappa shape index (κ2) is 3.15. The molecule has 0 spiro atoms. The van der Waals surface area contributed by atoms with Crippen molar-refractivity contribution in [2.45, 2.75) is 25.1 Å². The summed E-state index contributed by atoms with van der Waals surface area (Å²) in [5.41, 5.74) is 0. The fourth-order valence-corrected chi connectivity index (χ4v) is 3.49. The molecule has 2 atom stereocenters. The van der Waals surface area contributed by atoms with E-state index in [-0.39, 0.29) is 16.8 Å². The summed E-state index contributed by atoms with van der Waals surface area (Å²) in [5, 5.41) is 7.43. The molecule has 0 radical (unpaired) electrons. The van der Waals surface area contributed by atoms with Crippen molar-refractivity contribution in [3.63, 3.8) is 0 Å². The van der Waals surface area contributed by atoms with Gasteiger partial charge in [0.25, 0.3) is 0 Å². The van der Waals surface area contributed by atoms with E-state index in [2.05, 4.69) is 12.0 Å². The van der Waals surface area contributed by atoms with E-state index >= 15 is 0 Å². The number of carbonyl (C=O) groups excluding carboxylic acids is 1. The Hall–Kier alpha value is -0.710. The Morgan fingerprint density at radius 2 is 2.50 bits per heavy atom. The Balaban J connectivity index is 2.22. The van der Waals surface area contributed by atoms with Crippen molar-refractivity contribution in [3.8, 4) is 0 Å². The van der Waals surface area contributed by atoms with Crippen molar-refractivity contribution in [1.82, 2.24) is 5.01 Å². The molecule has 2 aliphatic heterocycles. The fourth-order valence-electron chi connectivity index (χ4n) is 2.16. The van der Waals surface area contributed by atoms with Crippen molar-refractivity contribution >= 4 is 22.8 Å². The first kappa shape index (κ1) is 9.83. The van der Waals surface area contributed by atoms with E-state index in [4.69, 9.17) is 4.74 Å². The molecule has 14 heavy (non-hydrogen) atoms. The maximum absolute atomic E-state index is 11.6. The molecule has 0 aromatic carbocycles. The lowest BCUT2D eigenvalue weighted by atomic mass is 10.0. The molecular formula is C9H14N2O2S. The summed E-state index contributed by atoms with van der Waals surface area (Å²) in [5.74, 6) is -0.175. The van der Waals surface area contributed by atoms with Crippen LogP contribution in [-0.4, -0.2) is 34.5 Å². The molecule has 1 fully saturated rings. The Morgan fingerprint density at radius 3 is 3.14 bits per heavy atom. The maximum atomic E-state index is 11.6. The summed E-state index contributed by atoms with van der Waals surface area (Å²) in [7, 11) is 1.45. The summed E-state index contributed by atoms with van der Waals surface area (Å²) >= 11 is 1.67. The molecule has 2 rings (SSSR count). The monoisotopic (exact) mass is 214 g/mol. The Bertz CT molecular complexity index is 305. The van der Waals surface area contributed by atoms with Crippen LogP contribution >= 0.6 is 11.8 Å². The average Bonchev–Trinajstić information content (AvgIpc) is 2.56. The topological polar surface area (TPSA) is 41.9 Å². The van der Waals surface area contributed by atoms with Crippen LogP contribution in [-0.2, 0) is 9.53 Å². The first-order valence-corrected chi connectivity index (χ1v) is 5.49. The standard InChI is InChI=1S/C9H14N2O2S/c1-6-10-11-5-4-7(8(12)13-3)9(11,2)14-6/h7H,4-5H2,1-3H3/t7-,9+/m1/s1. The quantitative estimate of drug-likeness (QED) is 0.617. The molecule has 0 aliphatic carbocycles. The maximum Gasteiger partial charge on any atom is 0.312 e. The van der Waals surface area contributed by atoms with Gasteiger partial charge in [0, 0.05) is 6.54 Å². The lowest BCUT2D eigenvalue weighted by Gasteiger charge is -2.29. The number of methoxy groups -OCH3 is 1. The SMILES string of the molecule is COC(=O)[C@H]1CCN2N=C(C)S[C@@]12C. The number of carbonyl (C=O) groups is 1. The molecule has 2 heterocycles. The first-order valence-electron chi connectivity index (χ1n) is 4.67. The Kier molecular flexibility index (Phi) is 2.21. The van der Waals surface area contributed by atoms with Gasteiger partial charge in [0.05, 0.1) is 18.1 Å². The van der Waals surface area contributed by atoms with E-state index < -0.39 is 0 Å². The van der Waals surface area contributed by atoms with E-state index in [0.29, 0.717) is 0 Å². The minimum absolute atomic E-state index is 0.0568. The lowest BCUT2D eigenvalue weighted by molar-refractivity contribution is -0.146. The van der Waals surface area contributed by atoms with E-state index in [1.54, 1.807) is 11.8 Å². The van der Waals surface area contributed by atoms with E-state index in [1.165, 1.54) is 7.11 Å². The van der Waals surface area contributed by atoms with Crippen LogP contribution in [0.3, 0.4) is 0 Å². The average molecular weight is 214 g/mol. The predicted octanol–water partition coefficient (Wildman–Crippen LogP) is 1.28. The fraction of sp³-hybridized carbons (Fsp3) is 0.778. The molecular weight excluding hydrogens is 200 g/mol. The smallest absolute Gasteiger partial charge is 0.312 e. The van der Waals surface area contributed by atoms with E-state index in [9.17, 15) is 4.79 Å². The van der Waals surface area contributed by atoms with Gasteiger partial charge in [0.15, 0.2) is 0 Å². The highest BCUT2D eigenvalue weighted by atomic mass is 32.2. The van der Waals surface area contributed by atoms with Crippen molar-refractivity contribution in [1.29, 1.82) is 0 Å². The molecule has 4 nitrogen and oxygen atoms in total. The summed E-state index contributed by atoms with van der Waals surface area (Å²) in [6.07, 6.45) is 0.840. The minimum Gasteiger partial charge on any atom is -0.469 e. The minimum atomic E-state index is -0.211. The molecule has 0 saturated carbocycles. The zero-order chi connectivity index (χ0) is 10.3. The number of ether oxygens (including phenoxy) is 1. The molecule has 0 amide bonds. The van der Waals surface area contributed by atoms with Gasteiger partial charge in [-0.1, -0.05) is 11.8 Å². The predicted molar refractivity (Wildman–Crippen MR) is 55.9 cm³/mol. The van der Waals surface area contributed by atoms with Gasteiger partial charge >= 0.3 is 5.97 Å². The second-order valence-electron chi connectivity index (χ2n) is 3.76. The Morgan fingerprint density at radius 1 is 1.79 bits per heavy atom. The van der Waals surface area contributed by atoms with Gasteiger partial charge < -0.3 is 4.74 Å². The lowest BCUT2D eigenvalue weighted by Crippen LogP contribution is -2.39. The van der Waals surface area contributed by atoms with E-state index in [1.807, 2.05) is 11.9 Å². The van der Waals surface area contributed by atoms with Gasteiger partial charge in [0.1, 0.15) is 4.87 Å². The number of fused-ring (bicyclic) bond motifs is 1. The highest BCUT2D eigenvalue weighted by Gasteiger charge is 2.53. The van der Waals surface area contributed by atoms with Crippen molar-refractivity contribution in [2.24, 2.45) is 11.0 Å². The zero-order valence-corrected chi connectivity index (χ0v) is 9.43. The summed E-state index contributed by atoms with van der Waals surface area (Å²) < 4.78 is 4.81. The number of hydrogen-bond acceptors (Lipinski definition) is 5. The number of thioether (sulfide) groups is 1. The van der Waals surface area contributed by atoms with Crippen LogP contribution in [0.5, 0.6) is 0 Å².